The molecule has 0 spiro atoms. The standard InChI is InChI=1S/C17H14BrN3O2/c1-10-6-7-13(8-11(10)2)16-20-21-17(23-16)19-15(22)12-4-3-5-14(18)9-12/h3-9H,1-2H3,(H,19,21,22). The van der Waals surface area contributed by atoms with Gasteiger partial charge < -0.3 is 4.42 Å². The van der Waals surface area contributed by atoms with E-state index in [-0.39, 0.29) is 11.9 Å². The average molecular weight is 372 g/mol. The summed E-state index contributed by atoms with van der Waals surface area (Å²) in [5.74, 6) is 0.0687. The molecule has 23 heavy (non-hydrogen) atoms. The minimum Gasteiger partial charge on any atom is -0.403 e. The number of nitrogens with one attached hydrogen (secondary N) is 1. The number of rotatable bonds is 3. The Hall–Kier alpha value is -2.47. The number of hydrogen-bond acceptors (Lipinski definition) is 4. The van der Waals surface area contributed by atoms with Crippen molar-refractivity contribution in [3.05, 3.63) is 63.6 Å². The second kappa shape index (κ2) is 6.34. The highest BCUT2D eigenvalue weighted by Crippen LogP contribution is 2.22. The highest BCUT2D eigenvalue weighted by atomic mass is 79.9. The van der Waals surface area contributed by atoms with Gasteiger partial charge in [-0.3, -0.25) is 10.1 Å². The van der Waals surface area contributed by atoms with Gasteiger partial charge in [-0.15, -0.1) is 5.10 Å². The lowest BCUT2D eigenvalue weighted by Crippen LogP contribution is -2.11. The van der Waals surface area contributed by atoms with Gasteiger partial charge in [-0.2, -0.15) is 0 Å². The Balaban J connectivity index is 1.79. The van der Waals surface area contributed by atoms with Crippen LogP contribution in [0.15, 0.2) is 51.4 Å². The van der Waals surface area contributed by atoms with Crippen LogP contribution >= 0.6 is 15.9 Å². The molecule has 0 aliphatic rings. The molecule has 3 rings (SSSR count). The minimum atomic E-state index is -0.304. The first kappa shape index (κ1) is 15.4. The SMILES string of the molecule is Cc1ccc(-c2nnc(NC(=O)c3cccc(Br)c3)o2)cc1C. The first-order valence-electron chi connectivity index (χ1n) is 7.01. The van der Waals surface area contributed by atoms with E-state index in [2.05, 4.69) is 31.4 Å². The maximum Gasteiger partial charge on any atom is 0.322 e. The van der Waals surface area contributed by atoms with Gasteiger partial charge in [0.2, 0.25) is 5.89 Å². The molecular formula is C17H14BrN3O2. The fourth-order valence-electron chi connectivity index (χ4n) is 2.06. The number of carbonyl (C=O) groups excluding carboxylic acids is 1. The monoisotopic (exact) mass is 371 g/mol. The van der Waals surface area contributed by atoms with E-state index >= 15 is 0 Å². The van der Waals surface area contributed by atoms with Crippen molar-refractivity contribution in [1.29, 1.82) is 0 Å². The molecule has 0 aliphatic carbocycles. The summed E-state index contributed by atoms with van der Waals surface area (Å²) in [6.45, 7) is 4.06. The molecule has 0 fully saturated rings. The normalized spacial score (nSPS) is 10.6. The van der Waals surface area contributed by atoms with Crippen LogP contribution in [0.5, 0.6) is 0 Å². The van der Waals surface area contributed by atoms with Gasteiger partial charge in [-0.25, -0.2) is 0 Å². The predicted molar refractivity (Wildman–Crippen MR) is 91.3 cm³/mol. The highest BCUT2D eigenvalue weighted by molar-refractivity contribution is 9.10. The maximum absolute atomic E-state index is 12.2. The summed E-state index contributed by atoms with van der Waals surface area (Å²) < 4.78 is 6.35. The number of carbonyl (C=O) groups is 1. The van der Waals surface area contributed by atoms with Crippen molar-refractivity contribution in [1.82, 2.24) is 10.2 Å². The summed E-state index contributed by atoms with van der Waals surface area (Å²) in [5.41, 5.74) is 3.66. The Morgan fingerprint density at radius 1 is 1.09 bits per heavy atom. The third-order valence-electron chi connectivity index (χ3n) is 3.49. The van der Waals surface area contributed by atoms with Crippen LogP contribution in [0, 0.1) is 13.8 Å². The van der Waals surface area contributed by atoms with Crippen LogP contribution in [-0.2, 0) is 0 Å². The zero-order valence-corrected chi connectivity index (χ0v) is 14.2. The Labute approximate surface area is 141 Å². The van der Waals surface area contributed by atoms with Gasteiger partial charge in [0.25, 0.3) is 5.91 Å². The molecule has 1 amide bonds. The molecule has 116 valence electrons. The second-order valence-corrected chi connectivity index (χ2v) is 6.09. The van der Waals surface area contributed by atoms with Crippen LogP contribution < -0.4 is 5.32 Å². The number of aromatic nitrogens is 2. The summed E-state index contributed by atoms with van der Waals surface area (Å²) in [4.78, 5) is 12.2. The first-order valence-corrected chi connectivity index (χ1v) is 7.80. The third kappa shape index (κ3) is 3.48. The predicted octanol–water partition coefficient (Wildman–Crippen LogP) is 4.37. The number of halogens is 1. The van der Waals surface area contributed by atoms with E-state index in [9.17, 15) is 4.79 Å². The zero-order chi connectivity index (χ0) is 16.4. The molecular weight excluding hydrogens is 358 g/mol. The lowest BCUT2D eigenvalue weighted by molar-refractivity contribution is 0.102. The molecule has 1 aromatic heterocycles. The van der Waals surface area contributed by atoms with E-state index in [0.717, 1.165) is 15.6 Å². The van der Waals surface area contributed by atoms with Gasteiger partial charge in [0.05, 0.1) is 0 Å². The number of benzene rings is 2. The maximum atomic E-state index is 12.2. The zero-order valence-electron chi connectivity index (χ0n) is 12.6. The smallest absolute Gasteiger partial charge is 0.322 e. The lowest BCUT2D eigenvalue weighted by atomic mass is 10.1. The van der Waals surface area contributed by atoms with Gasteiger partial charge in [-0.05, 0) is 55.3 Å². The number of anilines is 1. The topological polar surface area (TPSA) is 68.0 Å². The van der Waals surface area contributed by atoms with E-state index in [1.807, 2.05) is 38.1 Å². The Morgan fingerprint density at radius 2 is 1.91 bits per heavy atom. The highest BCUT2D eigenvalue weighted by Gasteiger charge is 2.13. The van der Waals surface area contributed by atoms with Crippen LogP contribution in [0.1, 0.15) is 21.5 Å². The quantitative estimate of drug-likeness (QED) is 0.742. The molecule has 0 bridgehead atoms. The van der Waals surface area contributed by atoms with Crippen molar-refractivity contribution in [3.8, 4) is 11.5 Å². The average Bonchev–Trinajstić information content (AvgIpc) is 2.98. The van der Waals surface area contributed by atoms with Crippen LogP contribution in [0.4, 0.5) is 6.01 Å². The molecule has 6 heteroatoms. The summed E-state index contributed by atoms with van der Waals surface area (Å²) >= 11 is 3.33. The summed E-state index contributed by atoms with van der Waals surface area (Å²) in [6.07, 6.45) is 0. The van der Waals surface area contributed by atoms with E-state index in [4.69, 9.17) is 4.42 Å². The second-order valence-electron chi connectivity index (χ2n) is 5.18. The van der Waals surface area contributed by atoms with Crippen LogP contribution in [0.2, 0.25) is 0 Å². The van der Waals surface area contributed by atoms with Gasteiger partial charge >= 0.3 is 6.01 Å². The minimum absolute atomic E-state index is 0.0724. The fraction of sp³-hybridized carbons (Fsp3) is 0.118. The van der Waals surface area contributed by atoms with Gasteiger partial charge in [0, 0.05) is 15.6 Å². The number of aryl methyl sites for hydroxylation is 2. The van der Waals surface area contributed by atoms with Gasteiger partial charge in [0.15, 0.2) is 0 Å². The van der Waals surface area contributed by atoms with E-state index in [0.29, 0.717) is 11.5 Å². The van der Waals surface area contributed by atoms with Crippen LogP contribution in [0.25, 0.3) is 11.5 Å². The van der Waals surface area contributed by atoms with Crippen molar-refractivity contribution in [2.75, 3.05) is 5.32 Å². The van der Waals surface area contributed by atoms with E-state index in [1.165, 1.54) is 5.56 Å². The molecule has 3 aromatic rings. The molecule has 1 N–H and O–H groups in total. The Kier molecular flexibility index (Phi) is 4.25. The van der Waals surface area contributed by atoms with E-state index in [1.54, 1.807) is 18.2 Å². The first-order chi connectivity index (χ1) is 11.0. The molecule has 0 atom stereocenters. The third-order valence-corrected chi connectivity index (χ3v) is 3.98. The summed E-state index contributed by atoms with van der Waals surface area (Å²) in [5, 5.41) is 10.5. The van der Waals surface area contributed by atoms with Gasteiger partial charge in [-0.1, -0.05) is 33.2 Å². The Morgan fingerprint density at radius 3 is 2.65 bits per heavy atom. The largest absolute Gasteiger partial charge is 0.403 e. The van der Waals surface area contributed by atoms with Crippen LogP contribution in [0.3, 0.4) is 0 Å². The van der Waals surface area contributed by atoms with Crippen molar-refractivity contribution < 1.29 is 9.21 Å². The molecule has 0 aliphatic heterocycles. The molecule has 1 heterocycles. The Bertz CT molecular complexity index is 874. The molecule has 0 unspecified atom stereocenters. The van der Waals surface area contributed by atoms with Crippen LogP contribution in [-0.4, -0.2) is 16.1 Å². The summed E-state index contributed by atoms with van der Waals surface area (Å²) in [7, 11) is 0. The molecule has 0 saturated carbocycles. The van der Waals surface area contributed by atoms with Crippen molar-refractivity contribution >= 4 is 27.9 Å². The molecule has 0 radical (unpaired) electrons. The van der Waals surface area contributed by atoms with Crippen molar-refractivity contribution in [2.24, 2.45) is 0 Å². The fourth-order valence-corrected chi connectivity index (χ4v) is 2.46. The number of amides is 1. The summed E-state index contributed by atoms with van der Waals surface area (Å²) in [6, 6.07) is 13.0. The number of hydrogen-bond donors (Lipinski definition) is 1. The van der Waals surface area contributed by atoms with Crippen molar-refractivity contribution in [3.63, 3.8) is 0 Å². The van der Waals surface area contributed by atoms with Gasteiger partial charge in [0.1, 0.15) is 0 Å². The lowest BCUT2D eigenvalue weighted by Gasteiger charge is -2.02. The number of nitrogens with zero attached hydrogens (tertiary/aromatic N) is 2. The molecule has 0 saturated heterocycles. The molecule has 2 aromatic carbocycles. The van der Waals surface area contributed by atoms with Crippen molar-refractivity contribution in [2.45, 2.75) is 13.8 Å². The van der Waals surface area contributed by atoms with E-state index < -0.39 is 0 Å². The molecule has 5 nitrogen and oxygen atoms in total.